The van der Waals surface area contributed by atoms with Gasteiger partial charge in [-0.3, -0.25) is 4.79 Å². The number of carbonyl (C=O) groups excluding carboxylic acids is 1. The standard InChI is InChI=1S/C13H17NO3/c1-9-10(4-3-5-11(9)15)12(16)14-7-6-13(2,17)8-14/h3-5,15,17H,6-8H2,1-2H3. The van der Waals surface area contributed by atoms with E-state index in [4.69, 9.17) is 0 Å². The van der Waals surface area contributed by atoms with E-state index in [1.54, 1.807) is 36.9 Å². The summed E-state index contributed by atoms with van der Waals surface area (Å²) in [5.41, 5.74) is 0.298. The van der Waals surface area contributed by atoms with Crippen molar-refractivity contribution in [3.05, 3.63) is 29.3 Å². The maximum atomic E-state index is 12.2. The van der Waals surface area contributed by atoms with E-state index in [1.165, 1.54) is 0 Å². The maximum absolute atomic E-state index is 12.2. The van der Waals surface area contributed by atoms with Crippen LogP contribution in [0.4, 0.5) is 0 Å². The highest BCUT2D eigenvalue weighted by Gasteiger charge is 2.34. The van der Waals surface area contributed by atoms with Gasteiger partial charge in [0.1, 0.15) is 5.75 Å². The Bertz CT molecular complexity index is 454. The molecule has 0 spiro atoms. The summed E-state index contributed by atoms with van der Waals surface area (Å²) in [4.78, 5) is 13.8. The SMILES string of the molecule is Cc1c(O)cccc1C(=O)N1CCC(C)(O)C1. The zero-order valence-electron chi connectivity index (χ0n) is 10.1. The first-order valence-corrected chi connectivity index (χ1v) is 5.71. The lowest BCUT2D eigenvalue weighted by molar-refractivity contribution is 0.0571. The molecule has 1 aliphatic heterocycles. The molecule has 1 amide bonds. The molecule has 0 aromatic heterocycles. The first kappa shape index (κ1) is 11.9. The largest absolute Gasteiger partial charge is 0.508 e. The van der Waals surface area contributed by atoms with Gasteiger partial charge in [-0.2, -0.15) is 0 Å². The highest BCUT2D eigenvalue weighted by atomic mass is 16.3. The Morgan fingerprint density at radius 3 is 2.76 bits per heavy atom. The van der Waals surface area contributed by atoms with E-state index >= 15 is 0 Å². The van der Waals surface area contributed by atoms with E-state index in [-0.39, 0.29) is 11.7 Å². The van der Waals surface area contributed by atoms with E-state index in [2.05, 4.69) is 0 Å². The number of likely N-dealkylation sites (tertiary alicyclic amines) is 1. The van der Waals surface area contributed by atoms with Crippen molar-refractivity contribution in [1.29, 1.82) is 0 Å². The van der Waals surface area contributed by atoms with E-state index < -0.39 is 5.60 Å². The van der Waals surface area contributed by atoms with Gasteiger partial charge in [0.15, 0.2) is 0 Å². The van der Waals surface area contributed by atoms with Crippen LogP contribution in [0.15, 0.2) is 18.2 Å². The Kier molecular flexibility index (Phi) is 2.83. The molecule has 1 aromatic rings. The Labute approximate surface area is 100 Å². The van der Waals surface area contributed by atoms with Gasteiger partial charge in [-0.25, -0.2) is 0 Å². The number of phenols is 1. The van der Waals surface area contributed by atoms with E-state index in [0.29, 0.717) is 30.6 Å². The highest BCUT2D eigenvalue weighted by molar-refractivity contribution is 5.96. The molecular formula is C13H17NO3. The summed E-state index contributed by atoms with van der Waals surface area (Å²) in [6, 6.07) is 4.92. The summed E-state index contributed by atoms with van der Waals surface area (Å²) in [6.45, 7) is 4.36. The third-order valence-electron chi connectivity index (χ3n) is 3.27. The summed E-state index contributed by atoms with van der Waals surface area (Å²) in [5, 5.41) is 19.4. The molecule has 1 unspecified atom stereocenters. The average Bonchev–Trinajstić information content (AvgIpc) is 2.62. The van der Waals surface area contributed by atoms with Crippen LogP contribution in [0.1, 0.15) is 29.3 Å². The number of rotatable bonds is 1. The first-order valence-electron chi connectivity index (χ1n) is 5.71. The summed E-state index contributed by atoms with van der Waals surface area (Å²) in [5.74, 6) is -0.00187. The number of hydrogen-bond acceptors (Lipinski definition) is 3. The van der Waals surface area contributed by atoms with Crippen LogP contribution in [-0.4, -0.2) is 39.7 Å². The molecular weight excluding hydrogens is 218 g/mol. The molecule has 4 heteroatoms. The fraction of sp³-hybridized carbons (Fsp3) is 0.462. The Morgan fingerprint density at radius 1 is 1.47 bits per heavy atom. The number of aromatic hydroxyl groups is 1. The van der Waals surface area contributed by atoms with Crippen LogP contribution in [0.3, 0.4) is 0 Å². The van der Waals surface area contributed by atoms with Crippen LogP contribution in [0, 0.1) is 6.92 Å². The Balaban J connectivity index is 2.24. The number of phenolic OH excluding ortho intramolecular Hbond substituents is 1. The van der Waals surface area contributed by atoms with Crippen molar-refractivity contribution in [3.63, 3.8) is 0 Å². The molecule has 1 heterocycles. The van der Waals surface area contributed by atoms with Crippen molar-refractivity contribution >= 4 is 5.91 Å². The second-order valence-corrected chi connectivity index (χ2v) is 4.92. The van der Waals surface area contributed by atoms with Gasteiger partial charge >= 0.3 is 0 Å². The molecule has 0 saturated carbocycles. The third-order valence-corrected chi connectivity index (χ3v) is 3.27. The number of nitrogens with zero attached hydrogens (tertiary/aromatic N) is 1. The summed E-state index contributed by atoms with van der Waals surface area (Å²) in [7, 11) is 0. The minimum atomic E-state index is -0.791. The summed E-state index contributed by atoms with van der Waals surface area (Å²) < 4.78 is 0. The molecule has 0 bridgehead atoms. The predicted molar refractivity (Wildman–Crippen MR) is 64.0 cm³/mol. The van der Waals surface area contributed by atoms with Crippen LogP contribution < -0.4 is 0 Å². The lowest BCUT2D eigenvalue weighted by Gasteiger charge is -2.20. The molecule has 1 aliphatic rings. The van der Waals surface area contributed by atoms with Crippen LogP contribution in [0.25, 0.3) is 0 Å². The molecule has 17 heavy (non-hydrogen) atoms. The predicted octanol–water partition coefficient (Wildman–Crippen LogP) is 1.30. The number of carbonyl (C=O) groups is 1. The summed E-state index contributed by atoms with van der Waals surface area (Å²) in [6.07, 6.45) is 0.594. The molecule has 1 saturated heterocycles. The van der Waals surface area contributed by atoms with Gasteiger partial charge in [0.05, 0.1) is 5.60 Å². The number of hydrogen-bond donors (Lipinski definition) is 2. The normalized spacial score (nSPS) is 24.1. The third kappa shape index (κ3) is 2.26. The van der Waals surface area contributed by atoms with Crippen molar-refractivity contribution < 1.29 is 15.0 Å². The number of aliphatic hydroxyl groups is 1. The Morgan fingerprint density at radius 2 is 2.18 bits per heavy atom. The molecule has 0 radical (unpaired) electrons. The monoisotopic (exact) mass is 235 g/mol. The lowest BCUT2D eigenvalue weighted by atomic mass is 10.1. The summed E-state index contributed by atoms with van der Waals surface area (Å²) >= 11 is 0. The minimum Gasteiger partial charge on any atom is -0.508 e. The van der Waals surface area contributed by atoms with Gasteiger partial charge in [-0.05, 0) is 32.4 Å². The molecule has 4 nitrogen and oxygen atoms in total. The van der Waals surface area contributed by atoms with E-state index in [0.717, 1.165) is 0 Å². The Hall–Kier alpha value is -1.55. The van der Waals surface area contributed by atoms with Crippen LogP contribution in [0.2, 0.25) is 0 Å². The molecule has 1 fully saturated rings. The van der Waals surface area contributed by atoms with Crippen molar-refractivity contribution in [3.8, 4) is 5.75 Å². The number of amides is 1. The van der Waals surface area contributed by atoms with Crippen LogP contribution in [0.5, 0.6) is 5.75 Å². The average molecular weight is 235 g/mol. The van der Waals surface area contributed by atoms with Crippen LogP contribution >= 0.6 is 0 Å². The fourth-order valence-electron chi connectivity index (χ4n) is 2.14. The van der Waals surface area contributed by atoms with Crippen LogP contribution in [-0.2, 0) is 0 Å². The zero-order valence-corrected chi connectivity index (χ0v) is 10.1. The molecule has 1 atom stereocenters. The molecule has 1 aromatic carbocycles. The van der Waals surface area contributed by atoms with E-state index in [1.807, 2.05) is 0 Å². The van der Waals surface area contributed by atoms with Gasteiger partial charge < -0.3 is 15.1 Å². The maximum Gasteiger partial charge on any atom is 0.254 e. The quantitative estimate of drug-likeness (QED) is 0.771. The zero-order chi connectivity index (χ0) is 12.6. The lowest BCUT2D eigenvalue weighted by Crippen LogP contribution is -2.34. The first-order chi connectivity index (χ1) is 7.91. The second kappa shape index (κ2) is 4.04. The van der Waals surface area contributed by atoms with Gasteiger partial charge in [0.25, 0.3) is 5.91 Å². The van der Waals surface area contributed by atoms with E-state index in [9.17, 15) is 15.0 Å². The van der Waals surface area contributed by atoms with Crippen molar-refractivity contribution in [1.82, 2.24) is 4.90 Å². The fourth-order valence-corrected chi connectivity index (χ4v) is 2.14. The molecule has 92 valence electrons. The number of β-amino-alcohol motifs (C(OH)–C–C–N with tert-alkyl or cyclic N) is 1. The van der Waals surface area contributed by atoms with Crippen molar-refractivity contribution in [2.75, 3.05) is 13.1 Å². The van der Waals surface area contributed by atoms with Gasteiger partial charge in [0, 0.05) is 24.2 Å². The van der Waals surface area contributed by atoms with Gasteiger partial charge in [0.2, 0.25) is 0 Å². The highest BCUT2D eigenvalue weighted by Crippen LogP contribution is 2.25. The molecule has 2 N–H and O–H groups in total. The van der Waals surface area contributed by atoms with Crippen molar-refractivity contribution in [2.24, 2.45) is 0 Å². The molecule has 2 rings (SSSR count). The smallest absolute Gasteiger partial charge is 0.254 e. The minimum absolute atomic E-state index is 0.127. The second-order valence-electron chi connectivity index (χ2n) is 4.92. The number of benzene rings is 1. The van der Waals surface area contributed by atoms with Gasteiger partial charge in [-0.1, -0.05) is 6.07 Å². The van der Waals surface area contributed by atoms with Gasteiger partial charge in [-0.15, -0.1) is 0 Å². The topological polar surface area (TPSA) is 60.8 Å². The van der Waals surface area contributed by atoms with Crippen molar-refractivity contribution in [2.45, 2.75) is 25.9 Å². The molecule has 0 aliphatic carbocycles.